The second kappa shape index (κ2) is 4.04. The normalized spacial score (nSPS) is 21.2. The van der Waals surface area contributed by atoms with E-state index in [1.165, 1.54) is 21.6 Å². The van der Waals surface area contributed by atoms with Gasteiger partial charge in [0.2, 0.25) is 0 Å². The van der Waals surface area contributed by atoms with Crippen molar-refractivity contribution in [1.82, 2.24) is 4.37 Å². The van der Waals surface area contributed by atoms with Gasteiger partial charge in [-0.1, -0.05) is 12.1 Å². The Hall–Kier alpha value is -0.905. The first-order valence-electron chi connectivity index (χ1n) is 6.52. The molecule has 0 atom stereocenters. The summed E-state index contributed by atoms with van der Waals surface area (Å²) in [4.78, 5) is 0. The quantitative estimate of drug-likeness (QED) is 0.750. The predicted molar refractivity (Wildman–Crippen MR) is 80.1 cm³/mol. The standard InChI is InChI=1S/C14H18BNO2S/c1-9-11-8-10(6-7-12(11)19-16-9)15-17-13(2,3)14(4,5)18-15/h6-8H,1-5H3. The number of aryl methyl sites for hydroxylation is 1. The summed E-state index contributed by atoms with van der Waals surface area (Å²) in [6.45, 7) is 10.3. The van der Waals surface area contributed by atoms with Crippen LogP contribution in [0, 0.1) is 6.92 Å². The van der Waals surface area contributed by atoms with Crippen molar-refractivity contribution in [3.05, 3.63) is 23.9 Å². The van der Waals surface area contributed by atoms with Gasteiger partial charge in [0.1, 0.15) is 0 Å². The Bertz CT molecular complexity index is 619. The second-order valence-electron chi connectivity index (χ2n) is 6.11. The first kappa shape index (κ1) is 13.1. The first-order chi connectivity index (χ1) is 8.80. The molecule has 1 saturated heterocycles. The highest BCUT2D eigenvalue weighted by molar-refractivity contribution is 7.13. The van der Waals surface area contributed by atoms with E-state index in [0.29, 0.717) is 0 Å². The van der Waals surface area contributed by atoms with Crippen molar-refractivity contribution >= 4 is 34.2 Å². The average molecular weight is 275 g/mol. The maximum Gasteiger partial charge on any atom is 0.494 e. The molecule has 0 unspecified atom stereocenters. The molecule has 1 aliphatic rings. The van der Waals surface area contributed by atoms with E-state index in [-0.39, 0.29) is 18.3 Å². The Morgan fingerprint density at radius 2 is 1.74 bits per heavy atom. The molecule has 2 heterocycles. The summed E-state index contributed by atoms with van der Waals surface area (Å²) in [5.74, 6) is 0. The van der Waals surface area contributed by atoms with Gasteiger partial charge in [0.15, 0.2) is 0 Å². The van der Waals surface area contributed by atoms with E-state index in [0.717, 1.165) is 11.2 Å². The number of aromatic nitrogens is 1. The molecule has 2 aromatic rings. The molecule has 1 aromatic carbocycles. The van der Waals surface area contributed by atoms with Crippen LogP contribution in [-0.2, 0) is 9.31 Å². The minimum atomic E-state index is -0.298. The van der Waals surface area contributed by atoms with Gasteiger partial charge < -0.3 is 9.31 Å². The molecular formula is C14H18BNO2S. The monoisotopic (exact) mass is 275 g/mol. The Balaban J connectivity index is 2.00. The summed E-state index contributed by atoms with van der Waals surface area (Å²) in [7, 11) is -0.298. The molecule has 0 bridgehead atoms. The summed E-state index contributed by atoms with van der Waals surface area (Å²) < 4.78 is 17.7. The van der Waals surface area contributed by atoms with Gasteiger partial charge in [-0.05, 0) is 57.7 Å². The van der Waals surface area contributed by atoms with Crippen LogP contribution in [0.2, 0.25) is 0 Å². The number of rotatable bonds is 1. The third-order valence-corrected chi connectivity index (χ3v) is 5.12. The summed E-state index contributed by atoms with van der Waals surface area (Å²) in [6.07, 6.45) is 0. The summed E-state index contributed by atoms with van der Waals surface area (Å²) in [6, 6.07) is 6.30. The Labute approximate surface area is 118 Å². The van der Waals surface area contributed by atoms with Crippen LogP contribution in [0.15, 0.2) is 18.2 Å². The minimum absolute atomic E-state index is 0.297. The number of hydrogen-bond donors (Lipinski definition) is 0. The van der Waals surface area contributed by atoms with Crippen molar-refractivity contribution in [2.75, 3.05) is 0 Å². The van der Waals surface area contributed by atoms with E-state index in [2.05, 4.69) is 50.3 Å². The Kier molecular flexibility index (Phi) is 2.79. The van der Waals surface area contributed by atoms with Gasteiger partial charge in [0.25, 0.3) is 0 Å². The molecule has 0 amide bonds. The van der Waals surface area contributed by atoms with Gasteiger partial charge in [0.05, 0.1) is 21.6 Å². The molecule has 1 aliphatic heterocycles. The lowest BCUT2D eigenvalue weighted by Gasteiger charge is -2.32. The van der Waals surface area contributed by atoms with E-state index >= 15 is 0 Å². The molecule has 0 aliphatic carbocycles. The van der Waals surface area contributed by atoms with E-state index in [9.17, 15) is 0 Å². The maximum atomic E-state index is 6.08. The fraction of sp³-hybridized carbons (Fsp3) is 0.500. The van der Waals surface area contributed by atoms with Crippen LogP contribution in [0.4, 0.5) is 0 Å². The molecule has 100 valence electrons. The van der Waals surface area contributed by atoms with E-state index in [1.807, 2.05) is 6.92 Å². The van der Waals surface area contributed by atoms with Crippen LogP contribution < -0.4 is 5.46 Å². The van der Waals surface area contributed by atoms with Gasteiger partial charge >= 0.3 is 7.12 Å². The number of nitrogens with zero attached hydrogens (tertiary/aromatic N) is 1. The molecule has 1 fully saturated rings. The molecular weight excluding hydrogens is 257 g/mol. The van der Waals surface area contributed by atoms with Crippen molar-refractivity contribution in [1.29, 1.82) is 0 Å². The van der Waals surface area contributed by atoms with E-state index < -0.39 is 0 Å². The molecule has 0 N–H and O–H groups in total. The molecule has 19 heavy (non-hydrogen) atoms. The van der Waals surface area contributed by atoms with Crippen molar-refractivity contribution < 1.29 is 9.31 Å². The Morgan fingerprint density at radius 3 is 2.37 bits per heavy atom. The topological polar surface area (TPSA) is 31.4 Å². The largest absolute Gasteiger partial charge is 0.494 e. The highest BCUT2D eigenvalue weighted by atomic mass is 32.1. The zero-order chi connectivity index (χ0) is 13.8. The van der Waals surface area contributed by atoms with Crippen LogP contribution >= 0.6 is 11.5 Å². The lowest BCUT2D eigenvalue weighted by molar-refractivity contribution is 0.00578. The molecule has 1 aromatic heterocycles. The first-order valence-corrected chi connectivity index (χ1v) is 7.29. The average Bonchev–Trinajstić information content (AvgIpc) is 2.78. The van der Waals surface area contributed by atoms with Gasteiger partial charge in [-0.3, -0.25) is 0 Å². The van der Waals surface area contributed by atoms with Crippen LogP contribution in [0.3, 0.4) is 0 Å². The molecule has 0 spiro atoms. The molecule has 5 heteroatoms. The van der Waals surface area contributed by atoms with Crippen molar-refractivity contribution in [2.24, 2.45) is 0 Å². The molecule has 3 rings (SSSR count). The summed E-state index contributed by atoms with van der Waals surface area (Å²) in [5.41, 5.74) is 1.54. The Morgan fingerprint density at radius 1 is 1.11 bits per heavy atom. The van der Waals surface area contributed by atoms with Crippen molar-refractivity contribution in [3.8, 4) is 0 Å². The lowest BCUT2D eigenvalue weighted by Crippen LogP contribution is -2.41. The van der Waals surface area contributed by atoms with Gasteiger partial charge in [-0.15, -0.1) is 0 Å². The van der Waals surface area contributed by atoms with Crippen LogP contribution in [-0.4, -0.2) is 22.7 Å². The van der Waals surface area contributed by atoms with Crippen LogP contribution in [0.5, 0.6) is 0 Å². The number of hydrogen-bond acceptors (Lipinski definition) is 4. The predicted octanol–water partition coefficient (Wildman–Crippen LogP) is 2.90. The fourth-order valence-corrected chi connectivity index (χ4v) is 2.97. The molecule has 0 radical (unpaired) electrons. The summed E-state index contributed by atoms with van der Waals surface area (Å²) in [5, 5.41) is 1.19. The van der Waals surface area contributed by atoms with Gasteiger partial charge in [0, 0.05) is 5.39 Å². The lowest BCUT2D eigenvalue weighted by atomic mass is 9.78. The number of fused-ring (bicyclic) bond motifs is 1. The highest BCUT2D eigenvalue weighted by Gasteiger charge is 2.51. The van der Waals surface area contributed by atoms with Gasteiger partial charge in [-0.25, -0.2) is 0 Å². The SMILES string of the molecule is Cc1nsc2ccc(B3OC(C)(C)C(C)(C)O3)cc12. The van der Waals surface area contributed by atoms with Crippen LogP contribution in [0.1, 0.15) is 33.4 Å². The number of benzene rings is 1. The zero-order valence-electron chi connectivity index (χ0n) is 12.0. The summed E-state index contributed by atoms with van der Waals surface area (Å²) >= 11 is 1.53. The van der Waals surface area contributed by atoms with Crippen molar-refractivity contribution in [3.63, 3.8) is 0 Å². The fourth-order valence-electron chi connectivity index (χ4n) is 2.20. The van der Waals surface area contributed by atoms with Crippen molar-refractivity contribution in [2.45, 2.75) is 45.8 Å². The second-order valence-corrected chi connectivity index (χ2v) is 6.92. The molecule has 3 nitrogen and oxygen atoms in total. The van der Waals surface area contributed by atoms with Gasteiger partial charge in [-0.2, -0.15) is 4.37 Å². The minimum Gasteiger partial charge on any atom is -0.399 e. The third-order valence-electron chi connectivity index (χ3n) is 4.20. The molecule has 0 saturated carbocycles. The van der Waals surface area contributed by atoms with E-state index in [1.54, 1.807) is 0 Å². The zero-order valence-corrected chi connectivity index (χ0v) is 12.8. The third kappa shape index (κ3) is 2.00. The smallest absolute Gasteiger partial charge is 0.399 e. The highest BCUT2D eigenvalue weighted by Crippen LogP contribution is 2.36. The van der Waals surface area contributed by atoms with E-state index in [4.69, 9.17) is 9.31 Å². The van der Waals surface area contributed by atoms with Crippen LogP contribution in [0.25, 0.3) is 10.1 Å². The maximum absolute atomic E-state index is 6.08.